The lowest BCUT2D eigenvalue weighted by molar-refractivity contribution is 0.757. The van der Waals surface area contributed by atoms with Crippen LogP contribution in [0.25, 0.3) is 22.2 Å². The van der Waals surface area contributed by atoms with E-state index in [1.165, 1.54) is 6.33 Å². The quantitative estimate of drug-likeness (QED) is 0.451. The van der Waals surface area contributed by atoms with Crippen molar-refractivity contribution >= 4 is 22.8 Å². The number of benzene rings is 1. The number of fused-ring (bicyclic) bond motifs is 1. The predicted molar refractivity (Wildman–Crippen MR) is 114 cm³/mol. The van der Waals surface area contributed by atoms with Crippen molar-refractivity contribution in [3.8, 4) is 11.1 Å². The van der Waals surface area contributed by atoms with E-state index in [4.69, 9.17) is 0 Å². The Balaban J connectivity index is 1.37. The summed E-state index contributed by atoms with van der Waals surface area (Å²) in [6.45, 7) is 0.641. The lowest BCUT2D eigenvalue weighted by Crippen LogP contribution is -2.12. The van der Waals surface area contributed by atoms with Gasteiger partial charge in [-0.3, -0.25) is 10.1 Å². The Bertz CT molecular complexity index is 1310. The van der Waals surface area contributed by atoms with Gasteiger partial charge in [-0.25, -0.2) is 19.3 Å². The van der Waals surface area contributed by atoms with Gasteiger partial charge in [0.15, 0.2) is 5.65 Å². The van der Waals surface area contributed by atoms with E-state index < -0.39 is 0 Å². The fourth-order valence-corrected chi connectivity index (χ4v) is 3.30. The van der Waals surface area contributed by atoms with Crippen LogP contribution in [-0.2, 0) is 20.6 Å². The Hall–Kier alpha value is -4.21. The monoisotopic (exact) mass is 400 g/mol. The van der Waals surface area contributed by atoms with Crippen molar-refractivity contribution in [2.45, 2.75) is 6.54 Å². The molecule has 5 rings (SSSR count). The molecule has 0 unspecified atom stereocenters. The van der Waals surface area contributed by atoms with Crippen molar-refractivity contribution in [3.05, 3.63) is 67.1 Å². The molecule has 0 aliphatic rings. The molecule has 4 heterocycles. The molecule has 30 heavy (non-hydrogen) atoms. The molecule has 10 heteroatoms. The minimum absolute atomic E-state index is 0.618. The number of anilines is 2. The van der Waals surface area contributed by atoms with Crippen molar-refractivity contribution < 1.29 is 0 Å². The fourth-order valence-electron chi connectivity index (χ4n) is 3.30. The summed E-state index contributed by atoms with van der Waals surface area (Å²) in [6.07, 6.45) is 8.81. The zero-order valence-electron chi connectivity index (χ0n) is 16.6. The van der Waals surface area contributed by atoms with Crippen LogP contribution >= 0.6 is 0 Å². The second-order valence-electron chi connectivity index (χ2n) is 6.92. The largest absolute Gasteiger partial charge is 0.365 e. The molecule has 0 saturated heterocycles. The van der Waals surface area contributed by atoms with Gasteiger partial charge < -0.3 is 5.32 Å². The average Bonchev–Trinajstić information content (AvgIpc) is 3.48. The zero-order valence-corrected chi connectivity index (χ0v) is 16.6. The van der Waals surface area contributed by atoms with Gasteiger partial charge in [0.25, 0.3) is 0 Å². The molecule has 0 bridgehead atoms. The Kier molecular flexibility index (Phi) is 4.36. The number of nitrogens with zero attached hydrogens (tertiary/aromatic N) is 8. The summed E-state index contributed by atoms with van der Waals surface area (Å²) in [4.78, 5) is 13.0. The van der Waals surface area contributed by atoms with E-state index in [0.29, 0.717) is 12.5 Å². The molecule has 4 aromatic heterocycles. The van der Waals surface area contributed by atoms with Gasteiger partial charge in [0.1, 0.15) is 18.5 Å². The minimum Gasteiger partial charge on any atom is -0.365 e. The van der Waals surface area contributed by atoms with Gasteiger partial charge in [-0.05, 0) is 23.3 Å². The zero-order chi connectivity index (χ0) is 20.5. The molecule has 0 radical (unpaired) electrons. The molecule has 0 saturated carbocycles. The Labute approximate surface area is 172 Å². The maximum atomic E-state index is 4.42. The number of aromatic nitrogens is 8. The van der Waals surface area contributed by atoms with Gasteiger partial charge >= 0.3 is 0 Å². The molecule has 0 spiro atoms. The maximum absolute atomic E-state index is 4.42. The average molecular weight is 400 g/mol. The van der Waals surface area contributed by atoms with Crippen LogP contribution in [0, 0.1) is 0 Å². The van der Waals surface area contributed by atoms with E-state index in [0.717, 1.165) is 33.5 Å². The molecule has 0 aliphatic carbocycles. The van der Waals surface area contributed by atoms with Crippen molar-refractivity contribution in [2.24, 2.45) is 14.1 Å². The second-order valence-corrected chi connectivity index (χ2v) is 6.92. The van der Waals surface area contributed by atoms with Crippen molar-refractivity contribution in [2.75, 3.05) is 10.7 Å². The van der Waals surface area contributed by atoms with E-state index in [1.807, 2.05) is 38.8 Å². The SMILES string of the molecule is Cn1cc(-c2cccc(CNc3ncnc4c3ccn4Nc3ncnn3C)c2)cn1. The minimum atomic E-state index is 0.618. The third-order valence-corrected chi connectivity index (χ3v) is 4.84. The number of hydrogen-bond acceptors (Lipinski definition) is 7. The van der Waals surface area contributed by atoms with Gasteiger partial charge in [-0.2, -0.15) is 15.2 Å². The van der Waals surface area contributed by atoms with E-state index in [-0.39, 0.29) is 0 Å². The molecule has 1 aromatic carbocycles. The van der Waals surface area contributed by atoms with Gasteiger partial charge in [0.2, 0.25) is 5.95 Å². The molecule has 5 aromatic rings. The van der Waals surface area contributed by atoms with Crippen LogP contribution in [0.2, 0.25) is 0 Å². The first kappa shape index (κ1) is 17.9. The van der Waals surface area contributed by atoms with Crippen LogP contribution in [0.3, 0.4) is 0 Å². The molecule has 0 aliphatic heterocycles. The van der Waals surface area contributed by atoms with Crippen LogP contribution < -0.4 is 10.7 Å². The summed E-state index contributed by atoms with van der Waals surface area (Å²) >= 11 is 0. The maximum Gasteiger partial charge on any atom is 0.240 e. The highest BCUT2D eigenvalue weighted by Crippen LogP contribution is 2.23. The van der Waals surface area contributed by atoms with Crippen molar-refractivity contribution in [3.63, 3.8) is 0 Å². The van der Waals surface area contributed by atoms with Crippen molar-refractivity contribution in [1.82, 2.24) is 39.2 Å². The lowest BCUT2D eigenvalue weighted by atomic mass is 10.1. The number of aryl methyl sites for hydroxylation is 2. The normalized spacial score (nSPS) is 11.1. The molecule has 150 valence electrons. The molecule has 10 nitrogen and oxygen atoms in total. The summed E-state index contributed by atoms with van der Waals surface area (Å²) in [5, 5.41) is 12.7. The molecule has 2 N–H and O–H groups in total. The first-order valence-corrected chi connectivity index (χ1v) is 9.42. The molecule has 0 fully saturated rings. The van der Waals surface area contributed by atoms with E-state index in [2.05, 4.69) is 60.2 Å². The lowest BCUT2D eigenvalue weighted by Gasteiger charge is -2.09. The highest BCUT2D eigenvalue weighted by atomic mass is 15.5. The van der Waals surface area contributed by atoms with Gasteiger partial charge in [-0.1, -0.05) is 18.2 Å². The summed E-state index contributed by atoms with van der Waals surface area (Å²) in [5.74, 6) is 1.39. The third kappa shape index (κ3) is 3.34. The Morgan fingerprint density at radius 2 is 1.90 bits per heavy atom. The van der Waals surface area contributed by atoms with Crippen LogP contribution in [0.15, 0.2) is 61.6 Å². The van der Waals surface area contributed by atoms with E-state index >= 15 is 0 Å². The molecular weight excluding hydrogens is 380 g/mol. The number of rotatable bonds is 6. The highest BCUT2D eigenvalue weighted by Gasteiger charge is 2.10. The van der Waals surface area contributed by atoms with Gasteiger partial charge in [0.05, 0.1) is 11.6 Å². The van der Waals surface area contributed by atoms with Crippen LogP contribution in [0.1, 0.15) is 5.56 Å². The van der Waals surface area contributed by atoms with Crippen LogP contribution in [0.4, 0.5) is 11.8 Å². The standard InChI is InChI=1S/C20H20N10/c1-28-11-16(10-25-28)15-5-3-4-14(8-15)9-21-18-17-6-7-30(19(17)23-12-22-18)27-20-24-13-26-29(20)2/h3-8,10-13H,9H2,1-2H3,(H,21,22,23)(H,24,26,27). The third-order valence-electron chi connectivity index (χ3n) is 4.84. The summed E-state index contributed by atoms with van der Waals surface area (Å²) in [5.41, 5.74) is 7.31. The first-order valence-electron chi connectivity index (χ1n) is 9.42. The summed E-state index contributed by atoms with van der Waals surface area (Å²) in [6, 6.07) is 10.3. The van der Waals surface area contributed by atoms with Gasteiger partial charge in [-0.15, -0.1) is 0 Å². The van der Waals surface area contributed by atoms with Crippen molar-refractivity contribution in [1.29, 1.82) is 0 Å². The summed E-state index contributed by atoms with van der Waals surface area (Å²) in [7, 11) is 3.74. The number of nitrogens with one attached hydrogen (secondary N) is 2. The Morgan fingerprint density at radius 3 is 2.70 bits per heavy atom. The number of hydrogen-bond donors (Lipinski definition) is 2. The topological polar surface area (TPSA) is 103 Å². The highest BCUT2D eigenvalue weighted by molar-refractivity contribution is 5.87. The fraction of sp³-hybridized carbons (Fsp3) is 0.150. The second kappa shape index (κ2) is 7.32. The smallest absolute Gasteiger partial charge is 0.240 e. The Morgan fingerprint density at radius 1 is 0.967 bits per heavy atom. The predicted octanol–water partition coefficient (Wildman–Crippen LogP) is 2.45. The van der Waals surface area contributed by atoms with E-state index in [9.17, 15) is 0 Å². The first-order chi connectivity index (χ1) is 14.7. The van der Waals surface area contributed by atoms with Crippen LogP contribution in [-0.4, -0.2) is 39.2 Å². The molecule has 0 atom stereocenters. The molecule has 0 amide bonds. The van der Waals surface area contributed by atoms with Crippen LogP contribution in [0.5, 0.6) is 0 Å². The molecular formula is C20H20N10. The van der Waals surface area contributed by atoms with E-state index in [1.54, 1.807) is 20.4 Å². The van der Waals surface area contributed by atoms with Gasteiger partial charge in [0, 0.05) is 38.6 Å². The summed E-state index contributed by atoms with van der Waals surface area (Å²) < 4.78 is 5.26.